The van der Waals surface area contributed by atoms with Gasteiger partial charge in [0.1, 0.15) is 5.82 Å². The number of hydrogen-bond acceptors (Lipinski definition) is 3. The van der Waals surface area contributed by atoms with Gasteiger partial charge >= 0.3 is 0 Å². The van der Waals surface area contributed by atoms with E-state index in [4.69, 9.17) is 9.47 Å². The molecule has 0 aliphatic heterocycles. The van der Waals surface area contributed by atoms with Gasteiger partial charge in [0, 0.05) is 19.3 Å². The van der Waals surface area contributed by atoms with Crippen molar-refractivity contribution in [3.05, 3.63) is 29.6 Å². The molecule has 16 heavy (non-hydrogen) atoms. The molecule has 1 N–H and O–H groups in total. The maximum absolute atomic E-state index is 13.0. The van der Waals surface area contributed by atoms with Crippen molar-refractivity contribution in [3.63, 3.8) is 0 Å². The van der Waals surface area contributed by atoms with E-state index in [-0.39, 0.29) is 5.82 Å². The molecule has 0 saturated carbocycles. The zero-order valence-electron chi connectivity index (χ0n) is 9.75. The Balaban J connectivity index is 2.19. The van der Waals surface area contributed by atoms with E-state index < -0.39 is 0 Å². The second-order valence-electron chi connectivity index (χ2n) is 3.50. The fourth-order valence-corrected chi connectivity index (χ4v) is 1.27. The number of hydrogen-bond donors (Lipinski definition) is 1. The van der Waals surface area contributed by atoms with Crippen molar-refractivity contribution >= 4 is 5.69 Å². The van der Waals surface area contributed by atoms with Crippen LogP contribution in [0.1, 0.15) is 5.56 Å². The average Bonchev–Trinajstić information content (AvgIpc) is 2.28. The lowest BCUT2D eigenvalue weighted by Gasteiger charge is -2.08. The summed E-state index contributed by atoms with van der Waals surface area (Å²) in [5.74, 6) is -0.179. The molecule has 0 aliphatic carbocycles. The van der Waals surface area contributed by atoms with E-state index in [2.05, 4.69) is 5.32 Å². The molecule has 1 aromatic carbocycles. The molecule has 0 bridgehead atoms. The van der Waals surface area contributed by atoms with Crippen molar-refractivity contribution in [2.45, 2.75) is 6.92 Å². The number of halogens is 1. The van der Waals surface area contributed by atoms with Crippen LogP contribution in [0.15, 0.2) is 18.2 Å². The number of rotatable bonds is 7. The first-order valence-corrected chi connectivity index (χ1v) is 5.30. The molecule has 0 aromatic heterocycles. The molecule has 0 fully saturated rings. The van der Waals surface area contributed by atoms with Crippen LogP contribution in [-0.2, 0) is 9.47 Å². The second-order valence-corrected chi connectivity index (χ2v) is 3.50. The maximum atomic E-state index is 13.0. The lowest BCUT2D eigenvalue weighted by Crippen LogP contribution is -2.12. The second kappa shape index (κ2) is 7.19. The predicted molar refractivity (Wildman–Crippen MR) is 62.3 cm³/mol. The van der Waals surface area contributed by atoms with E-state index in [0.717, 1.165) is 5.69 Å². The minimum atomic E-state index is -0.179. The third-order valence-electron chi connectivity index (χ3n) is 2.17. The highest BCUT2D eigenvalue weighted by Crippen LogP contribution is 2.12. The number of aryl methyl sites for hydroxylation is 1. The molecule has 0 aliphatic rings. The van der Waals surface area contributed by atoms with Crippen LogP contribution in [0.4, 0.5) is 10.1 Å². The van der Waals surface area contributed by atoms with Gasteiger partial charge in [-0.25, -0.2) is 4.39 Å². The van der Waals surface area contributed by atoms with Crippen LogP contribution < -0.4 is 5.32 Å². The molecule has 3 nitrogen and oxygen atoms in total. The highest BCUT2D eigenvalue weighted by molar-refractivity contribution is 5.45. The molecule has 0 amide bonds. The molecule has 0 saturated heterocycles. The highest BCUT2D eigenvalue weighted by Gasteiger charge is 1.97. The van der Waals surface area contributed by atoms with Gasteiger partial charge in [0.2, 0.25) is 0 Å². The molecule has 90 valence electrons. The Morgan fingerprint density at radius 3 is 2.75 bits per heavy atom. The Morgan fingerprint density at radius 1 is 1.25 bits per heavy atom. The quantitative estimate of drug-likeness (QED) is 0.724. The third-order valence-corrected chi connectivity index (χ3v) is 2.17. The van der Waals surface area contributed by atoms with Gasteiger partial charge < -0.3 is 14.8 Å². The Kier molecular flexibility index (Phi) is 5.82. The SMILES string of the molecule is COCCOCCNc1ccc(F)c(C)c1. The largest absolute Gasteiger partial charge is 0.383 e. The molecular formula is C12H18FNO2. The van der Waals surface area contributed by atoms with Crippen LogP contribution in [0, 0.1) is 12.7 Å². The van der Waals surface area contributed by atoms with Gasteiger partial charge in [-0.1, -0.05) is 0 Å². The summed E-state index contributed by atoms with van der Waals surface area (Å²) in [6, 6.07) is 4.96. The molecule has 0 spiro atoms. The lowest BCUT2D eigenvalue weighted by atomic mass is 10.2. The molecule has 1 rings (SSSR count). The minimum absolute atomic E-state index is 0.179. The van der Waals surface area contributed by atoms with Crippen molar-refractivity contribution < 1.29 is 13.9 Å². The number of anilines is 1. The molecule has 4 heteroatoms. The predicted octanol–water partition coefficient (Wildman–Crippen LogP) is 2.21. The van der Waals surface area contributed by atoms with Gasteiger partial charge in [-0.2, -0.15) is 0 Å². The van der Waals surface area contributed by atoms with Gasteiger partial charge in [0.15, 0.2) is 0 Å². The topological polar surface area (TPSA) is 30.5 Å². The summed E-state index contributed by atoms with van der Waals surface area (Å²) in [4.78, 5) is 0. The van der Waals surface area contributed by atoms with E-state index in [1.165, 1.54) is 6.07 Å². The zero-order valence-corrected chi connectivity index (χ0v) is 9.75. The van der Waals surface area contributed by atoms with Gasteiger partial charge in [0.25, 0.3) is 0 Å². The number of ether oxygens (including phenoxy) is 2. The minimum Gasteiger partial charge on any atom is -0.383 e. The van der Waals surface area contributed by atoms with Crippen LogP contribution in [0.25, 0.3) is 0 Å². The van der Waals surface area contributed by atoms with E-state index in [1.807, 2.05) is 0 Å². The summed E-state index contributed by atoms with van der Waals surface area (Å²) in [5, 5.41) is 3.16. The van der Waals surface area contributed by atoms with Crippen LogP contribution in [-0.4, -0.2) is 33.5 Å². The summed E-state index contributed by atoms with van der Waals surface area (Å²) in [6.45, 7) is 4.26. The summed E-state index contributed by atoms with van der Waals surface area (Å²) >= 11 is 0. The zero-order chi connectivity index (χ0) is 11.8. The van der Waals surface area contributed by atoms with Crippen LogP contribution >= 0.6 is 0 Å². The first-order valence-electron chi connectivity index (χ1n) is 5.30. The molecule has 0 radical (unpaired) electrons. The Hall–Kier alpha value is -1.13. The smallest absolute Gasteiger partial charge is 0.126 e. The van der Waals surface area contributed by atoms with Gasteiger partial charge in [-0.3, -0.25) is 0 Å². The normalized spacial score (nSPS) is 10.4. The van der Waals surface area contributed by atoms with Crippen molar-refractivity contribution in [2.75, 3.05) is 38.8 Å². The maximum Gasteiger partial charge on any atom is 0.126 e. The highest BCUT2D eigenvalue weighted by atomic mass is 19.1. The Bertz CT molecular complexity index is 318. The van der Waals surface area contributed by atoms with Crippen molar-refractivity contribution in [1.29, 1.82) is 0 Å². The average molecular weight is 227 g/mol. The fraction of sp³-hybridized carbons (Fsp3) is 0.500. The van der Waals surface area contributed by atoms with Gasteiger partial charge in [-0.05, 0) is 30.7 Å². The standard InChI is InChI=1S/C12H18FNO2/c1-10-9-11(3-4-12(10)13)14-5-6-16-8-7-15-2/h3-4,9,14H,5-8H2,1-2H3. The fourth-order valence-electron chi connectivity index (χ4n) is 1.27. The van der Waals surface area contributed by atoms with E-state index in [9.17, 15) is 4.39 Å². The Morgan fingerprint density at radius 2 is 2.06 bits per heavy atom. The van der Waals surface area contributed by atoms with Crippen LogP contribution in [0.2, 0.25) is 0 Å². The van der Waals surface area contributed by atoms with Crippen LogP contribution in [0.3, 0.4) is 0 Å². The van der Waals surface area contributed by atoms with Crippen molar-refractivity contribution in [3.8, 4) is 0 Å². The molecule has 1 aromatic rings. The number of benzene rings is 1. The van der Waals surface area contributed by atoms with E-state index >= 15 is 0 Å². The lowest BCUT2D eigenvalue weighted by molar-refractivity contribution is 0.0759. The summed E-state index contributed by atoms with van der Waals surface area (Å²) < 4.78 is 23.1. The third kappa shape index (κ3) is 4.59. The van der Waals surface area contributed by atoms with Crippen molar-refractivity contribution in [2.24, 2.45) is 0 Å². The van der Waals surface area contributed by atoms with Crippen molar-refractivity contribution in [1.82, 2.24) is 0 Å². The molecule has 0 heterocycles. The first kappa shape index (κ1) is 12.9. The number of nitrogens with one attached hydrogen (secondary N) is 1. The van der Waals surface area contributed by atoms with Gasteiger partial charge in [-0.15, -0.1) is 0 Å². The molecular weight excluding hydrogens is 209 g/mol. The molecule has 0 unspecified atom stereocenters. The summed E-state index contributed by atoms with van der Waals surface area (Å²) in [7, 11) is 1.64. The van der Waals surface area contributed by atoms with Crippen LogP contribution in [0.5, 0.6) is 0 Å². The summed E-state index contributed by atoms with van der Waals surface area (Å²) in [5.41, 5.74) is 1.56. The molecule has 0 atom stereocenters. The number of methoxy groups -OCH3 is 1. The van der Waals surface area contributed by atoms with Gasteiger partial charge in [0.05, 0.1) is 19.8 Å². The van der Waals surface area contributed by atoms with E-state index in [0.29, 0.717) is 31.9 Å². The Labute approximate surface area is 95.6 Å². The monoisotopic (exact) mass is 227 g/mol. The first-order chi connectivity index (χ1) is 7.74. The van der Waals surface area contributed by atoms with E-state index in [1.54, 1.807) is 26.2 Å². The summed E-state index contributed by atoms with van der Waals surface area (Å²) in [6.07, 6.45) is 0.